The Labute approximate surface area is 178 Å². The van der Waals surface area contributed by atoms with Crippen LogP contribution in [0.25, 0.3) is 0 Å². The van der Waals surface area contributed by atoms with Crippen molar-refractivity contribution < 1.29 is 14.3 Å². The zero-order chi connectivity index (χ0) is 20.4. The third-order valence-corrected chi connectivity index (χ3v) is 6.92. The normalized spacial score (nSPS) is 22.7. The molecule has 0 radical (unpaired) electrons. The van der Waals surface area contributed by atoms with Gasteiger partial charge in [0.2, 0.25) is 12.7 Å². The van der Waals surface area contributed by atoms with Gasteiger partial charge in [-0.25, -0.2) is 0 Å². The van der Waals surface area contributed by atoms with E-state index in [1.165, 1.54) is 12.0 Å². The highest BCUT2D eigenvalue weighted by atomic mass is 16.7. The quantitative estimate of drug-likeness (QED) is 0.815. The maximum Gasteiger partial charge on any atom is 0.231 e. The minimum Gasteiger partial charge on any atom is -0.454 e. The van der Waals surface area contributed by atoms with Crippen molar-refractivity contribution in [2.75, 3.05) is 19.9 Å². The number of carbonyl (C=O) groups is 1. The predicted molar refractivity (Wildman–Crippen MR) is 116 cm³/mol. The fourth-order valence-corrected chi connectivity index (χ4v) is 5.26. The summed E-state index contributed by atoms with van der Waals surface area (Å²) in [5.74, 6) is 1.73. The molecule has 30 heavy (non-hydrogen) atoms. The molecule has 0 spiro atoms. The summed E-state index contributed by atoms with van der Waals surface area (Å²) in [6.07, 6.45) is 6.20. The molecule has 2 heterocycles. The minimum absolute atomic E-state index is 0.188. The van der Waals surface area contributed by atoms with Crippen LogP contribution < -0.4 is 14.8 Å². The number of carbonyl (C=O) groups excluding carboxylic acids is 1. The molecular formula is C25H30N2O3. The van der Waals surface area contributed by atoms with Crippen molar-refractivity contribution >= 4 is 5.91 Å². The molecule has 2 aliphatic heterocycles. The molecule has 5 nitrogen and oxygen atoms in total. The number of nitrogens with one attached hydrogen (secondary N) is 1. The molecule has 1 saturated carbocycles. The Kier molecular flexibility index (Phi) is 5.38. The average molecular weight is 407 g/mol. The summed E-state index contributed by atoms with van der Waals surface area (Å²) in [7, 11) is 0. The summed E-state index contributed by atoms with van der Waals surface area (Å²) >= 11 is 0. The molecule has 3 aliphatic rings. The van der Waals surface area contributed by atoms with Crippen molar-refractivity contribution in [1.29, 1.82) is 0 Å². The fourth-order valence-electron chi connectivity index (χ4n) is 5.26. The van der Waals surface area contributed by atoms with Crippen molar-refractivity contribution in [2.24, 2.45) is 0 Å². The molecule has 0 bridgehead atoms. The van der Waals surface area contributed by atoms with Crippen LogP contribution in [0.15, 0.2) is 48.5 Å². The number of hydrogen-bond donors (Lipinski definition) is 1. The third kappa shape index (κ3) is 3.79. The first kappa shape index (κ1) is 19.4. The van der Waals surface area contributed by atoms with Gasteiger partial charge in [0.15, 0.2) is 11.5 Å². The van der Waals surface area contributed by atoms with Gasteiger partial charge >= 0.3 is 0 Å². The van der Waals surface area contributed by atoms with Crippen LogP contribution in [-0.2, 0) is 16.8 Å². The lowest BCUT2D eigenvalue weighted by Crippen LogP contribution is -2.50. The SMILES string of the molecule is O=C(NC1CCN(Cc2ccccc2)C1)C1(c2ccc3c(c2)OCO3)CCCCC1. The summed E-state index contributed by atoms with van der Waals surface area (Å²) in [4.78, 5) is 16.1. The highest BCUT2D eigenvalue weighted by Crippen LogP contribution is 2.43. The molecule has 5 heteroatoms. The lowest BCUT2D eigenvalue weighted by Gasteiger charge is -2.37. The number of nitrogens with zero attached hydrogens (tertiary/aromatic N) is 1. The maximum absolute atomic E-state index is 13.6. The van der Waals surface area contributed by atoms with Crippen LogP contribution in [0.3, 0.4) is 0 Å². The molecule has 1 amide bonds. The van der Waals surface area contributed by atoms with E-state index >= 15 is 0 Å². The Bertz CT molecular complexity index is 893. The third-order valence-electron chi connectivity index (χ3n) is 6.92. The van der Waals surface area contributed by atoms with Crippen LogP contribution in [0, 0.1) is 0 Å². The van der Waals surface area contributed by atoms with Gasteiger partial charge in [-0.05, 0) is 42.5 Å². The predicted octanol–water partition coefficient (Wildman–Crippen LogP) is 4.01. The van der Waals surface area contributed by atoms with Crippen molar-refractivity contribution in [1.82, 2.24) is 10.2 Å². The van der Waals surface area contributed by atoms with Crippen LogP contribution in [-0.4, -0.2) is 36.7 Å². The summed E-state index contributed by atoms with van der Waals surface area (Å²) < 4.78 is 11.1. The van der Waals surface area contributed by atoms with E-state index in [0.29, 0.717) is 0 Å². The summed E-state index contributed by atoms with van der Waals surface area (Å²) in [6, 6.07) is 16.8. The zero-order valence-corrected chi connectivity index (χ0v) is 17.4. The largest absolute Gasteiger partial charge is 0.454 e. The van der Waals surface area contributed by atoms with Gasteiger partial charge in [0.1, 0.15) is 0 Å². The second-order valence-electron chi connectivity index (χ2n) is 8.89. The van der Waals surface area contributed by atoms with Crippen molar-refractivity contribution in [3.8, 4) is 11.5 Å². The first-order valence-electron chi connectivity index (χ1n) is 11.2. The Balaban J connectivity index is 1.29. The van der Waals surface area contributed by atoms with Crippen LogP contribution in [0.1, 0.15) is 49.7 Å². The van der Waals surface area contributed by atoms with Crippen LogP contribution in [0.2, 0.25) is 0 Å². The molecule has 1 N–H and O–H groups in total. The highest BCUT2D eigenvalue weighted by molar-refractivity contribution is 5.89. The summed E-state index contributed by atoms with van der Waals surface area (Å²) in [5.41, 5.74) is 1.95. The Hall–Kier alpha value is -2.53. The Morgan fingerprint density at radius 2 is 1.83 bits per heavy atom. The van der Waals surface area contributed by atoms with E-state index in [-0.39, 0.29) is 18.7 Å². The first-order chi connectivity index (χ1) is 14.7. The highest BCUT2D eigenvalue weighted by Gasteiger charge is 2.43. The Morgan fingerprint density at radius 1 is 1.03 bits per heavy atom. The number of fused-ring (bicyclic) bond motifs is 1. The van der Waals surface area contributed by atoms with Crippen molar-refractivity contribution in [2.45, 2.75) is 56.5 Å². The van der Waals surface area contributed by atoms with Gasteiger partial charge in [0.05, 0.1) is 5.41 Å². The maximum atomic E-state index is 13.6. The average Bonchev–Trinajstić information content (AvgIpc) is 3.43. The van der Waals surface area contributed by atoms with Crippen molar-refractivity contribution in [3.05, 3.63) is 59.7 Å². The van der Waals surface area contributed by atoms with Gasteiger partial charge in [-0.3, -0.25) is 9.69 Å². The smallest absolute Gasteiger partial charge is 0.231 e. The van der Waals surface area contributed by atoms with E-state index in [0.717, 1.165) is 68.8 Å². The van der Waals surface area contributed by atoms with E-state index < -0.39 is 5.41 Å². The first-order valence-corrected chi connectivity index (χ1v) is 11.2. The standard InChI is InChI=1S/C25H30N2O3/c28-24(26-21-11-14-27(17-21)16-19-7-3-1-4-8-19)25(12-5-2-6-13-25)20-9-10-22-23(15-20)30-18-29-22/h1,3-4,7-10,15,21H,2,5-6,11-14,16-18H2,(H,26,28). The van der Waals surface area contributed by atoms with Gasteiger partial charge in [0, 0.05) is 25.7 Å². The topological polar surface area (TPSA) is 50.8 Å². The van der Waals surface area contributed by atoms with Gasteiger partial charge < -0.3 is 14.8 Å². The van der Waals surface area contributed by atoms with E-state index in [1.54, 1.807) is 0 Å². The molecule has 1 unspecified atom stereocenters. The van der Waals surface area contributed by atoms with E-state index in [1.807, 2.05) is 12.1 Å². The molecule has 2 aromatic carbocycles. The zero-order valence-electron chi connectivity index (χ0n) is 17.4. The molecule has 1 saturated heterocycles. The van der Waals surface area contributed by atoms with E-state index in [9.17, 15) is 4.79 Å². The molecular weight excluding hydrogens is 376 g/mol. The van der Waals surface area contributed by atoms with Gasteiger partial charge in [-0.1, -0.05) is 55.7 Å². The summed E-state index contributed by atoms with van der Waals surface area (Å²) in [6.45, 7) is 3.15. The second-order valence-corrected chi connectivity index (χ2v) is 8.89. The summed E-state index contributed by atoms with van der Waals surface area (Å²) in [5, 5.41) is 3.42. The lowest BCUT2D eigenvalue weighted by molar-refractivity contribution is -0.128. The second kappa shape index (κ2) is 8.31. The molecule has 1 atom stereocenters. The molecule has 2 aromatic rings. The van der Waals surface area contributed by atoms with Crippen LogP contribution >= 0.6 is 0 Å². The monoisotopic (exact) mass is 406 g/mol. The number of amides is 1. The number of hydrogen-bond acceptors (Lipinski definition) is 4. The van der Waals surface area contributed by atoms with Crippen molar-refractivity contribution in [3.63, 3.8) is 0 Å². The Morgan fingerprint density at radius 3 is 2.67 bits per heavy atom. The number of likely N-dealkylation sites (tertiary alicyclic amines) is 1. The molecule has 0 aromatic heterocycles. The number of ether oxygens (including phenoxy) is 2. The molecule has 2 fully saturated rings. The van der Waals surface area contributed by atoms with Gasteiger partial charge in [-0.2, -0.15) is 0 Å². The molecule has 5 rings (SSSR count). The lowest BCUT2D eigenvalue weighted by atomic mass is 9.68. The number of benzene rings is 2. The van der Waals surface area contributed by atoms with Crippen LogP contribution in [0.5, 0.6) is 11.5 Å². The van der Waals surface area contributed by atoms with Gasteiger partial charge in [0.25, 0.3) is 0 Å². The van der Waals surface area contributed by atoms with E-state index in [2.05, 4.69) is 46.6 Å². The molecule has 1 aliphatic carbocycles. The molecule has 158 valence electrons. The fraction of sp³-hybridized carbons (Fsp3) is 0.480. The number of rotatable bonds is 5. The van der Waals surface area contributed by atoms with Crippen LogP contribution in [0.4, 0.5) is 0 Å². The van der Waals surface area contributed by atoms with Gasteiger partial charge in [-0.15, -0.1) is 0 Å². The minimum atomic E-state index is -0.452. The van der Waals surface area contributed by atoms with E-state index in [4.69, 9.17) is 9.47 Å².